The molecular formula is C21H22BrN5O6S. The Morgan fingerprint density at radius 2 is 1.85 bits per heavy atom. The van der Waals surface area contributed by atoms with Crippen LogP contribution in [0.1, 0.15) is 24.0 Å². The van der Waals surface area contributed by atoms with Crippen LogP contribution in [-0.2, 0) is 24.4 Å². The molecule has 2 aromatic carbocycles. The number of amidine groups is 1. The number of benzene rings is 2. The van der Waals surface area contributed by atoms with Gasteiger partial charge in [0.15, 0.2) is 0 Å². The number of oxime groups is 1. The number of carbonyl (C=O) groups is 2. The van der Waals surface area contributed by atoms with Crippen LogP contribution in [0, 0.1) is 5.41 Å². The molecule has 0 saturated heterocycles. The second kappa shape index (κ2) is 10.8. The summed E-state index contributed by atoms with van der Waals surface area (Å²) in [6.45, 7) is -0.448. The minimum absolute atomic E-state index is 0.0514. The van der Waals surface area contributed by atoms with Crippen LogP contribution in [0.15, 0.2) is 63.1 Å². The number of nitrogens with one attached hydrogen (secondary N) is 3. The number of amides is 1. The molecule has 180 valence electrons. The van der Waals surface area contributed by atoms with Gasteiger partial charge in [-0.1, -0.05) is 45.4 Å². The van der Waals surface area contributed by atoms with Gasteiger partial charge in [-0.25, -0.2) is 8.42 Å². The van der Waals surface area contributed by atoms with Gasteiger partial charge in [0.1, 0.15) is 18.0 Å². The number of carboxylic acids is 1. The average Bonchev–Trinajstić information content (AvgIpc) is 3.25. The molecule has 1 heterocycles. The summed E-state index contributed by atoms with van der Waals surface area (Å²) in [6.07, 6.45) is -0.291. The van der Waals surface area contributed by atoms with Crippen molar-refractivity contribution in [3.8, 4) is 0 Å². The van der Waals surface area contributed by atoms with Gasteiger partial charge in [0.2, 0.25) is 15.9 Å². The number of carbonyl (C=O) groups excluding carboxylic acids is 1. The number of nitrogens with two attached hydrogens (primary N) is 1. The highest BCUT2D eigenvalue weighted by molar-refractivity contribution is 9.10. The van der Waals surface area contributed by atoms with Gasteiger partial charge in [0.05, 0.1) is 17.0 Å². The number of nitrogen functional groups attached to an aromatic ring is 1. The van der Waals surface area contributed by atoms with Crippen LogP contribution in [0.3, 0.4) is 0 Å². The summed E-state index contributed by atoms with van der Waals surface area (Å²) in [5.74, 6) is -2.00. The zero-order valence-corrected chi connectivity index (χ0v) is 20.1. The molecule has 6 N–H and O–H groups in total. The second-order valence-electron chi connectivity index (χ2n) is 7.43. The maximum atomic E-state index is 12.5. The first-order chi connectivity index (χ1) is 16.0. The van der Waals surface area contributed by atoms with E-state index in [9.17, 15) is 23.1 Å². The molecular weight excluding hydrogens is 530 g/mol. The predicted octanol–water partition coefficient (Wildman–Crippen LogP) is 1.16. The van der Waals surface area contributed by atoms with E-state index in [0.29, 0.717) is 22.2 Å². The normalized spacial score (nSPS) is 16.3. The van der Waals surface area contributed by atoms with Crippen LogP contribution < -0.4 is 15.8 Å². The Hall–Kier alpha value is -3.29. The van der Waals surface area contributed by atoms with Crippen molar-refractivity contribution in [1.82, 2.24) is 10.0 Å². The van der Waals surface area contributed by atoms with Crippen molar-refractivity contribution in [1.29, 1.82) is 5.41 Å². The topological polar surface area (TPSA) is 184 Å². The third-order valence-electron chi connectivity index (χ3n) is 4.90. The van der Waals surface area contributed by atoms with Crippen molar-refractivity contribution in [2.75, 3.05) is 6.54 Å². The summed E-state index contributed by atoms with van der Waals surface area (Å²) < 4.78 is 27.7. The van der Waals surface area contributed by atoms with Crippen molar-refractivity contribution in [2.45, 2.75) is 29.9 Å². The highest BCUT2D eigenvalue weighted by atomic mass is 79.9. The van der Waals surface area contributed by atoms with Crippen LogP contribution in [0.5, 0.6) is 0 Å². The van der Waals surface area contributed by atoms with E-state index < -0.39 is 40.6 Å². The van der Waals surface area contributed by atoms with Gasteiger partial charge in [-0.2, -0.15) is 4.72 Å². The molecule has 3 rings (SSSR count). The molecule has 0 spiro atoms. The smallest absolute Gasteiger partial charge is 0.323 e. The maximum Gasteiger partial charge on any atom is 0.323 e. The van der Waals surface area contributed by atoms with Crippen LogP contribution in [0.2, 0.25) is 0 Å². The lowest BCUT2D eigenvalue weighted by atomic mass is 10.0. The van der Waals surface area contributed by atoms with Gasteiger partial charge >= 0.3 is 5.97 Å². The summed E-state index contributed by atoms with van der Waals surface area (Å²) in [6, 6.07) is 11.0. The molecule has 34 heavy (non-hydrogen) atoms. The van der Waals surface area contributed by atoms with E-state index in [2.05, 4.69) is 31.1 Å². The van der Waals surface area contributed by atoms with Gasteiger partial charge in [-0.05, 0) is 29.8 Å². The lowest BCUT2D eigenvalue weighted by Gasteiger charge is -2.16. The van der Waals surface area contributed by atoms with Crippen LogP contribution in [-0.4, -0.2) is 55.6 Å². The summed E-state index contributed by atoms with van der Waals surface area (Å²) in [5.41, 5.74) is 7.40. The molecule has 0 bridgehead atoms. The zero-order chi connectivity index (χ0) is 24.9. The molecule has 0 fully saturated rings. The quantitative estimate of drug-likeness (QED) is 0.216. The first-order valence-electron chi connectivity index (χ1n) is 10.00. The van der Waals surface area contributed by atoms with E-state index in [1.807, 2.05) is 0 Å². The molecule has 0 aromatic heterocycles. The third kappa shape index (κ3) is 6.62. The minimum Gasteiger partial charge on any atom is -0.480 e. The fraction of sp³-hybridized carbons (Fsp3) is 0.238. The third-order valence-corrected chi connectivity index (χ3v) is 6.91. The van der Waals surface area contributed by atoms with Crippen LogP contribution in [0.4, 0.5) is 0 Å². The van der Waals surface area contributed by atoms with Gasteiger partial charge in [0, 0.05) is 23.0 Å². The van der Waals surface area contributed by atoms with E-state index in [1.165, 1.54) is 24.3 Å². The van der Waals surface area contributed by atoms with Gasteiger partial charge in [-0.15, -0.1) is 0 Å². The van der Waals surface area contributed by atoms with Crippen LogP contribution in [0.25, 0.3) is 0 Å². The Bertz CT molecular complexity index is 1220. The number of nitrogens with zero attached hydrogens (tertiary/aromatic N) is 1. The molecule has 13 heteroatoms. The number of hydrogen-bond acceptors (Lipinski definition) is 7. The number of sulfonamides is 1. The first kappa shape index (κ1) is 25.3. The first-order valence-corrected chi connectivity index (χ1v) is 12.3. The van der Waals surface area contributed by atoms with E-state index >= 15 is 0 Å². The highest BCUT2D eigenvalue weighted by Gasteiger charge is 2.28. The van der Waals surface area contributed by atoms with Crippen molar-refractivity contribution in [3.63, 3.8) is 0 Å². The molecule has 1 aliphatic heterocycles. The lowest BCUT2D eigenvalue weighted by Crippen LogP contribution is -2.48. The van der Waals surface area contributed by atoms with Crippen LogP contribution >= 0.6 is 15.9 Å². The second-order valence-corrected chi connectivity index (χ2v) is 10.1. The largest absolute Gasteiger partial charge is 0.480 e. The molecule has 0 radical (unpaired) electrons. The van der Waals surface area contributed by atoms with Gasteiger partial charge in [0.25, 0.3) is 0 Å². The van der Waals surface area contributed by atoms with E-state index in [1.54, 1.807) is 24.3 Å². The van der Waals surface area contributed by atoms with E-state index in [-0.39, 0.29) is 17.2 Å². The van der Waals surface area contributed by atoms with Crippen molar-refractivity contribution in [3.05, 3.63) is 64.1 Å². The Kier molecular flexibility index (Phi) is 8.02. The molecule has 0 saturated carbocycles. The zero-order valence-electron chi connectivity index (χ0n) is 17.7. The predicted molar refractivity (Wildman–Crippen MR) is 127 cm³/mol. The number of carboxylic acid groups (broad SMARTS) is 1. The number of halogens is 1. The summed E-state index contributed by atoms with van der Waals surface area (Å²) in [4.78, 5) is 29.0. The van der Waals surface area contributed by atoms with E-state index in [4.69, 9.17) is 16.0 Å². The van der Waals surface area contributed by atoms with E-state index in [0.717, 1.165) is 5.56 Å². The standard InChI is InChI=1S/C21H22BrN5O6S/c22-14-5-7-16(8-6-14)34(31,32)27-18(21(29)30)11-25-19(28)10-15-9-17(26-33-15)12-1-3-13(4-2-12)20(23)24/h1-8,15,18,27H,9-11H2,(H3,23,24)(H,25,28)(H,29,30)/t15?,18-/m0/s1. The maximum absolute atomic E-state index is 12.5. The van der Waals surface area contributed by atoms with Crippen molar-refractivity contribution in [2.24, 2.45) is 10.9 Å². The minimum atomic E-state index is -4.11. The average molecular weight is 552 g/mol. The Balaban J connectivity index is 1.51. The van der Waals surface area contributed by atoms with Crippen molar-refractivity contribution >= 4 is 49.4 Å². The molecule has 1 aliphatic rings. The number of aliphatic carboxylic acids is 1. The summed E-state index contributed by atoms with van der Waals surface area (Å²) >= 11 is 3.20. The number of rotatable bonds is 10. The fourth-order valence-corrected chi connectivity index (χ4v) is 4.55. The Labute approximate surface area is 204 Å². The molecule has 11 nitrogen and oxygen atoms in total. The summed E-state index contributed by atoms with van der Waals surface area (Å²) in [5, 5.41) is 23.2. The molecule has 0 aliphatic carbocycles. The Morgan fingerprint density at radius 3 is 2.44 bits per heavy atom. The highest BCUT2D eigenvalue weighted by Crippen LogP contribution is 2.19. The molecule has 2 aromatic rings. The lowest BCUT2D eigenvalue weighted by molar-refractivity contribution is -0.138. The monoisotopic (exact) mass is 551 g/mol. The van der Waals surface area contributed by atoms with Gasteiger partial charge < -0.3 is 21.0 Å². The SMILES string of the molecule is N=C(N)c1ccc(C2=NOC(CC(=O)NC[C@H](NS(=O)(=O)c3ccc(Br)cc3)C(=O)O)C2)cc1. The molecule has 2 atom stereocenters. The molecule has 1 amide bonds. The Morgan fingerprint density at radius 1 is 1.21 bits per heavy atom. The fourth-order valence-electron chi connectivity index (χ4n) is 3.09. The van der Waals surface area contributed by atoms with Gasteiger partial charge in [-0.3, -0.25) is 15.0 Å². The summed E-state index contributed by atoms with van der Waals surface area (Å²) in [7, 11) is -4.11. The van der Waals surface area contributed by atoms with Crippen molar-refractivity contribution < 1.29 is 28.0 Å². The number of hydrogen-bond donors (Lipinski definition) is 5. The molecule has 1 unspecified atom stereocenters.